The summed E-state index contributed by atoms with van der Waals surface area (Å²) in [6, 6.07) is 7.11. The Balaban J connectivity index is 2.03. The number of fused-ring (bicyclic) bond motifs is 3. The lowest BCUT2D eigenvalue weighted by atomic mass is 9.74. The van der Waals surface area contributed by atoms with Gasteiger partial charge < -0.3 is 4.74 Å². The van der Waals surface area contributed by atoms with Crippen LogP contribution in [0.1, 0.15) is 12.0 Å². The molecule has 1 fully saturated rings. The van der Waals surface area contributed by atoms with Crippen LogP contribution in [0.2, 0.25) is 0 Å². The molecule has 1 amide bonds. The van der Waals surface area contributed by atoms with Crippen molar-refractivity contribution in [2.24, 2.45) is 5.92 Å². The molecule has 0 radical (unpaired) electrons. The first-order chi connectivity index (χ1) is 11.1. The highest BCUT2D eigenvalue weighted by Gasteiger charge is 2.61. The molecule has 0 unspecified atom stereocenters. The van der Waals surface area contributed by atoms with Gasteiger partial charge in [-0.1, -0.05) is 24.3 Å². The number of anilines is 1. The van der Waals surface area contributed by atoms with Crippen molar-refractivity contribution in [2.75, 3.05) is 18.8 Å². The first kappa shape index (κ1) is 14.3. The smallest absolute Gasteiger partial charge is 0.268 e. The lowest BCUT2D eigenvalue weighted by molar-refractivity contribution is -0.148. The fourth-order valence-corrected chi connectivity index (χ4v) is 3.87. The Morgan fingerprint density at radius 3 is 2.83 bits per heavy atom. The first-order valence-corrected chi connectivity index (χ1v) is 7.44. The second-order valence-corrected chi connectivity index (χ2v) is 6.01. The number of hydrogen-bond donors (Lipinski definition) is 0. The SMILES string of the molecule is CON1C(=O)[C@@]2(C=C(C=O)[C@H]3CO[C@@H]2C(=O)C3)c2ccccc21. The van der Waals surface area contributed by atoms with Gasteiger partial charge in [0.1, 0.15) is 17.8 Å². The summed E-state index contributed by atoms with van der Waals surface area (Å²) in [6.45, 7) is 0.269. The van der Waals surface area contributed by atoms with E-state index in [2.05, 4.69) is 0 Å². The van der Waals surface area contributed by atoms with E-state index in [-0.39, 0.29) is 24.7 Å². The van der Waals surface area contributed by atoms with E-state index in [0.29, 0.717) is 16.8 Å². The van der Waals surface area contributed by atoms with Gasteiger partial charge in [0.2, 0.25) is 0 Å². The van der Waals surface area contributed by atoms with Gasteiger partial charge in [0.25, 0.3) is 5.91 Å². The Bertz CT molecular complexity index is 755. The standard InChI is InChI=1S/C17H15NO5/c1-22-18-13-5-3-2-4-12(13)17(16(18)21)7-11(8-19)10-6-14(20)15(17)23-9-10/h2-5,7-8,10,15H,6,9H2,1H3/t10-,15-,17+/m1/s1. The summed E-state index contributed by atoms with van der Waals surface area (Å²) in [6.07, 6.45) is 1.64. The van der Waals surface area contributed by atoms with Crippen LogP contribution in [0.4, 0.5) is 5.69 Å². The van der Waals surface area contributed by atoms with Crippen molar-refractivity contribution in [3.8, 4) is 0 Å². The van der Waals surface area contributed by atoms with E-state index in [4.69, 9.17) is 9.57 Å². The maximum Gasteiger partial charge on any atom is 0.268 e. The molecule has 2 bridgehead atoms. The fourth-order valence-electron chi connectivity index (χ4n) is 3.87. The normalized spacial score (nSPS) is 32.0. The molecule has 3 aliphatic heterocycles. The number of ether oxygens (including phenoxy) is 1. The Morgan fingerprint density at radius 1 is 1.35 bits per heavy atom. The maximum atomic E-state index is 13.1. The van der Waals surface area contributed by atoms with Gasteiger partial charge in [0, 0.05) is 17.9 Å². The van der Waals surface area contributed by atoms with Crippen LogP contribution in [0.3, 0.4) is 0 Å². The predicted molar refractivity (Wildman–Crippen MR) is 79.6 cm³/mol. The summed E-state index contributed by atoms with van der Waals surface area (Å²) in [5.74, 6) is -0.843. The number of nitrogens with zero attached hydrogens (tertiary/aromatic N) is 1. The zero-order chi connectivity index (χ0) is 16.2. The topological polar surface area (TPSA) is 72.9 Å². The zero-order valence-electron chi connectivity index (χ0n) is 12.5. The van der Waals surface area contributed by atoms with Crippen LogP contribution >= 0.6 is 0 Å². The van der Waals surface area contributed by atoms with E-state index in [1.807, 2.05) is 0 Å². The highest BCUT2D eigenvalue weighted by molar-refractivity contribution is 6.13. The lowest BCUT2D eigenvalue weighted by Crippen LogP contribution is -2.52. The number of carbonyl (C=O) groups excluding carboxylic acids is 3. The molecule has 0 N–H and O–H groups in total. The third kappa shape index (κ3) is 1.67. The minimum Gasteiger partial charge on any atom is -0.368 e. The van der Waals surface area contributed by atoms with Gasteiger partial charge in [-0.15, -0.1) is 0 Å². The Hall–Kier alpha value is -2.31. The van der Waals surface area contributed by atoms with Crippen molar-refractivity contribution in [1.29, 1.82) is 0 Å². The van der Waals surface area contributed by atoms with Crippen molar-refractivity contribution in [3.63, 3.8) is 0 Å². The monoisotopic (exact) mass is 313 g/mol. The molecule has 6 heteroatoms. The molecule has 0 saturated carbocycles. The van der Waals surface area contributed by atoms with Crippen molar-refractivity contribution in [2.45, 2.75) is 17.9 Å². The van der Waals surface area contributed by atoms with Gasteiger partial charge in [-0.25, -0.2) is 0 Å². The van der Waals surface area contributed by atoms with Crippen molar-refractivity contribution >= 4 is 23.7 Å². The van der Waals surface area contributed by atoms with Gasteiger partial charge in [-0.05, 0) is 11.6 Å². The van der Waals surface area contributed by atoms with Crippen LogP contribution in [0, 0.1) is 5.92 Å². The Morgan fingerprint density at radius 2 is 2.13 bits per heavy atom. The second-order valence-electron chi connectivity index (χ2n) is 6.01. The number of amides is 1. The zero-order valence-corrected chi connectivity index (χ0v) is 12.5. The van der Waals surface area contributed by atoms with E-state index in [1.54, 1.807) is 30.3 Å². The third-order valence-electron chi connectivity index (χ3n) is 4.91. The van der Waals surface area contributed by atoms with Crippen molar-refractivity contribution in [1.82, 2.24) is 0 Å². The molecule has 1 aliphatic carbocycles. The van der Waals surface area contributed by atoms with Gasteiger partial charge in [-0.2, -0.15) is 5.06 Å². The molecule has 1 saturated heterocycles. The average molecular weight is 313 g/mol. The van der Waals surface area contributed by atoms with E-state index in [1.165, 1.54) is 12.2 Å². The highest BCUT2D eigenvalue weighted by Crippen LogP contribution is 2.50. The minimum atomic E-state index is -1.33. The minimum absolute atomic E-state index is 0.157. The molecule has 5 rings (SSSR count). The average Bonchev–Trinajstić information content (AvgIpc) is 2.68. The van der Waals surface area contributed by atoms with Crippen molar-refractivity contribution < 1.29 is 24.0 Å². The lowest BCUT2D eigenvalue weighted by Gasteiger charge is -2.33. The highest BCUT2D eigenvalue weighted by atomic mass is 16.7. The molecule has 6 nitrogen and oxygen atoms in total. The molecular weight excluding hydrogens is 298 g/mol. The molecule has 0 aromatic heterocycles. The van der Waals surface area contributed by atoms with E-state index < -0.39 is 17.4 Å². The van der Waals surface area contributed by atoms with Crippen LogP contribution < -0.4 is 5.06 Å². The number of rotatable bonds is 2. The fraction of sp³-hybridized carbons (Fsp3) is 0.353. The number of hydroxylamine groups is 1. The molecule has 118 valence electrons. The van der Waals surface area contributed by atoms with Crippen molar-refractivity contribution in [3.05, 3.63) is 41.5 Å². The third-order valence-corrected chi connectivity index (χ3v) is 4.91. The number of ketones is 1. The summed E-state index contributed by atoms with van der Waals surface area (Å²) in [7, 11) is 1.40. The predicted octanol–water partition coefficient (Wildman–Crippen LogP) is 0.945. The van der Waals surface area contributed by atoms with Crippen LogP contribution in [-0.4, -0.2) is 37.8 Å². The molecule has 1 spiro atoms. The number of benzene rings is 1. The van der Waals surface area contributed by atoms with Gasteiger partial charge in [0.05, 0.1) is 19.4 Å². The summed E-state index contributed by atoms with van der Waals surface area (Å²) in [4.78, 5) is 42.4. The molecule has 4 aliphatic rings. The first-order valence-electron chi connectivity index (χ1n) is 7.44. The number of para-hydroxylation sites is 1. The molecule has 23 heavy (non-hydrogen) atoms. The number of Topliss-reactive ketones (excluding diaryl/α,β-unsaturated/α-hetero) is 1. The summed E-state index contributed by atoms with van der Waals surface area (Å²) >= 11 is 0. The summed E-state index contributed by atoms with van der Waals surface area (Å²) < 4.78 is 5.74. The Kier molecular flexibility index (Phi) is 3.01. The largest absolute Gasteiger partial charge is 0.368 e. The van der Waals surface area contributed by atoms with Crippen LogP contribution in [-0.2, 0) is 29.4 Å². The van der Waals surface area contributed by atoms with Gasteiger partial charge in [0.15, 0.2) is 5.78 Å². The molecule has 1 aromatic rings. The summed E-state index contributed by atoms with van der Waals surface area (Å²) in [5.41, 5.74) is 0.320. The quantitative estimate of drug-likeness (QED) is 0.760. The molecular formula is C17H15NO5. The maximum absolute atomic E-state index is 13.1. The van der Waals surface area contributed by atoms with Crippen LogP contribution in [0.5, 0.6) is 0 Å². The van der Waals surface area contributed by atoms with Gasteiger partial charge >= 0.3 is 0 Å². The molecule has 3 atom stereocenters. The summed E-state index contributed by atoms with van der Waals surface area (Å²) in [5, 5.41) is 1.17. The molecule has 1 aromatic carbocycles. The van der Waals surface area contributed by atoms with Gasteiger partial charge in [-0.3, -0.25) is 19.2 Å². The van der Waals surface area contributed by atoms with E-state index >= 15 is 0 Å². The van der Waals surface area contributed by atoms with E-state index in [9.17, 15) is 14.4 Å². The Labute approximate surface area is 132 Å². The molecule has 3 heterocycles. The number of hydrogen-bond acceptors (Lipinski definition) is 5. The van der Waals surface area contributed by atoms with Crippen LogP contribution in [0.15, 0.2) is 35.9 Å². The number of carbonyl (C=O) groups is 3. The van der Waals surface area contributed by atoms with E-state index in [0.717, 1.165) is 6.29 Å². The number of aldehydes is 1. The second kappa shape index (κ2) is 4.84. The van der Waals surface area contributed by atoms with Crippen LogP contribution in [0.25, 0.3) is 0 Å².